The van der Waals surface area contributed by atoms with Gasteiger partial charge in [-0.3, -0.25) is 4.79 Å². The quantitative estimate of drug-likeness (QED) is 0.637. The first-order chi connectivity index (χ1) is 9.56. The minimum absolute atomic E-state index is 0.0226. The van der Waals surface area contributed by atoms with Crippen LogP contribution in [0.2, 0.25) is 0 Å². The van der Waals surface area contributed by atoms with E-state index in [1.54, 1.807) is 31.4 Å². The Kier molecular flexibility index (Phi) is 6.25. The van der Waals surface area contributed by atoms with Crippen molar-refractivity contribution in [3.8, 4) is 5.75 Å². The monoisotopic (exact) mass is 279 g/mol. The number of hydrogen-bond acceptors (Lipinski definition) is 4. The van der Waals surface area contributed by atoms with E-state index in [1.807, 2.05) is 0 Å². The predicted octanol–water partition coefficient (Wildman–Crippen LogP) is 0.662. The second kappa shape index (κ2) is 7.96. The summed E-state index contributed by atoms with van der Waals surface area (Å²) in [6.45, 7) is -0.0788. The summed E-state index contributed by atoms with van der Waals surface area (Å²) in [7, 11) is 1.54. The molecular weight excluding hydrogens is 262 g/mol. The number of aliphatic hydroxyl groups excluding tert-OH is 1. The Balaban J connectivity index is 2.81. The minimum Gasteiger partial charge on any atom is -0.497 e. The third kappa shape index (κ3) is 5.11. The van der Waals surface area contributed by atoms with Gasteiger partial charge in [0.1, 0.15) is 5.75 Å². The van der Waals surface area contributed by atoms with E-state index in [-0.39, 0.29) is 25.1 Å². The summed E-state index contributed by atoms with van der Waals surface area (Å²) < 4.78 is 5.01. The van der Waals surface area contributed by atoms with E-state index in [1.165, 1.54) is 6.08 Å². The van der Waals surface area contributed by atoms with Gasteiger partial charge in [0.2, 0.25) is 5.91 Å². The number of aliphatic hydroxyl groups is 1. The van der Waals surface area contributed by atoms with Gasteiger partial charge in [0.25, 0.3) is 0 Å². The third-order valence-corrected chi connectivity index (χ3v) is 2.52. The second-order valence-electron chi connectivity index (χ2n) is 4.00. The fourth-order valence-corrected chi connectivity index (χ4v) is 1.52. The number of aliphatic carboxylic acids is 1. The Morgan fingerprint density at radius 3 is 2.45 bits per heavy atom. The van der Waals surface area contributed by atoms with Gasteiger partial charge in [-0.15, -0.1) is 0 Å². The molecule has 108 valence electrons. The summed E-state index contributed by atoms with van der Waals surface area (Å²) in [5, 5.41) is 20.1. The SMILES string of the molecule is COc1ccc(/C=C(/CC(=O)NCCO)C(=O)O)cc1. The van der Waals surface area contributed by atoms with Gasteiger partial charge < -0.3 is 20.3 Å². The Morgan fingerprint density at radius 1 is 1.30 bits per heavy atom. The number of hydrogen-bond donors (Lipinski definition) is 3. The first-order valence-electron chi connectivity index (χ1n) is 6.02. The van der Waals surface area contributed by atoms with Crippen molar-refractivity contribution in [2.24, 2.45) is 0 Å². The molecular formula is C14H17NO5. The molecule has 0 aliphatic carbocycles. The van der Waals surface area contributed by atoms with Crippen LogP contribution >= 0.6 is 0 Å². The van der Waals surface area contributed by atoms with Crippen LogP contribution in [0.3, 0.4) is 0 Å². The van der Waals surface area contributed by atoms with Gasteiger partial charge in [-0.2, -0.15) is 0 Å². The molecule has 0 aliphatic rings. The fraction of sp³-hybridized carbons (Fsp3) is 0.286. The third-order valence-electron chi connectivity index (χ3n) is 2.52. The summed E-state index contributed by atoms with van der Waals surface area (Å²) >= 11 is 0. The Labute approximate surface area is 116 Å². The maximum Gasteiger partial charge on any atom is 0.332 e. The number of carboxylic acids is 1. The number of carbonyl (C=O) groups excluding carboxylic acids is 1. The van der Waals surface area contributed by atoms with E-state index in [4.69, 9.17) is 14.9 Å². The van der Waals surface area contributed by atoms with E-state index in [0.29, 0.717) is 11.3 Å². The lowest BCUT2D eigenvalue weighted by molar-refractivity contribution is -0.134. The molecule has 0 aromatic heterocycles. The van der Waals surface area contributed by atoms with E-state index in [9.17, 15) is 9.59 Å². The molecule has 0 fully saturated rings. The molecule has 0 radical (unpaired) electrons. The molecule has 1 aromatic carbocycles. The Hall–Kier alpha value is -2.34. The molecule has 0 aliphatic heterocycles. The zero-order valence-electron chi connectivity index (χ0n) is 11.1. The molecule has 6 heteroatoms. The number of rotatable bonds is 7. The van der Waals surface area contributed by atoms with Gasteiger partial charge >= 0.3 is 5.97 Å². The molecule has 1 aromatic rings. The predicted molar refractivity (Wildman–Crippen MR) is 73.3 cm³/mol. The number of carbonyl (C=O) groups is 2. The van der Waals surface area contributed by atoms with Crippen LogP contribution in [0.4, 0.5) is 0 Å². The molecule has 1 rings (SSSR count). The second-order valence-corrected chi connectivity index (χ2v) is 4.00. The van der Waals surface area contributed by atoms with Gasteiger partial charge in [-0.25, -0.2) is 4.79 Å². The summed E-state index contributed by atoms with van der Waals surface area (Å²) in [5.74, 6) is -0.930. The van der Waals surface area contributed by atoms with Crippen LogP contribution in [-0.4, -0.2) is 42.4 Å². The largest absolute Gasteiger partial charge is 0.497 e. The summed E-state index contributed by atoms with van der Waals surface area (Å²) in [5.41, 5.74) is 0.642. The number of benzene rings is 1. The fourth-order valence-electron chi connectivity index (χ4n) is 1.52. The van der Waals surface area contributed by atoms with E-state index in [2.05, 4.69) is 5.32 Å². The van der Waals surface area contributed by atoms with Crippen molar-refractivity contribution in [1.82, 2.24) is 5.32 Å². The van der Waals surface area contributed by atoms with Crippen molar-refractivity contribution in [3.05, 3.63) is 35.4 Å². The van der Waals surface area contributed by atoms with Crippen LogP contribution in [0.25, 0.3) is 6.08 Å². The minimum atomic E-state index is -1.15. The normalized spacial score (nSPS) is 11.0. The average molecular weight is 279 g/mol. The zero-order chi connectivity index (χ0) is 15.0. The van der Waals surface area contributed by atoms with Crippen LogP contribution in [0.1, 0.15) is 12.0 Å². The summed E-state index contributed by atoms with van der Waals surface area (Å²) in [6, 6.07) is 6.81. The molecule has 6 nitrogen and oxygen atoms in total. The number of nitrogens with one attached hydrogen (secondary N) is 1. The highest BCUT2D eigenvalue weighted by molar-refractivity contribution is 5.98. The maximum absolute atomic E-state index is 11.5. The van der Waals surface area contributed by atoms with Gasteiger partial charge in [0, 0.05) is 12.1 Å². The van der Waals surface area contributed by atoms with Crippen molar-refractivity contribution in [1.29, 1.82) is 0 Å². The summed E-state index contributed by atoms with van der Waals surface area (Å²) in [4.78, 5) is 22.6. The lowest BCUT2D eigenvalue weighted by Crippen LogP contribution is -2.27. The molecule has 0 saturated heterocycles. The van der Waals surface area contributed by atoms with E-state index in [0.717, 1.165) is 0 Å². The van der Waals surface area contributed by atoms with Gasteiger partial charge in [0.15, 0.2) is 0 Å². The smallest absolute Gasteiger partial charge is 0.332 e. The van der Waals surface area contributed by atoms with Crippen molar-refractivity contribution >= 4 is 18.0 Å². The first kappa shape index (κ1) is 15.7. The van der Waals surface area contributed by atoms with Gasteiger partial charge in [-0.1, -0.05) is 12.1 Å². The van der Waals surface area contributed by atoms with Crippen LogP contribution in [-0.2, 0) is 9.59 Å². The molecule has 1 amide bonds. The van der Waals surface area contributed by atoms with Gasteiger partial charge in [0.05, 0.1) is 20.1 Å². The first-order valence-corrected chi connectivity index (χ1v) is 6.02. The Morgan fingerprint density at radius 2 is 1.95 bits per heavy atom. The molecule has 0 unspecified atom stereocenters. The highest BCUT2D eigenvalue weighted by Crippen LogP contribution is 2.15. The lowest BCUT2D eigenvalue weighted by atomic mass is 10.1. The van der Waals surface area contributed by atoms with E-state index < -0.39 is 11.9 Å². The van der Waals surface area contributed by atoms with Gasteiger partial charge in [-0.05, 0) is 23.8 Å². The maximum atomic E-state index is 11.5. The number of ether oxygens (including phenoxy) is 1. The molecule has 0 atom stereocenters. The average Bonchev–Trinajstić information content (AvgIpc) is 2.45. The molecule has 0 saturated carbocycles. The molecule has 0 spiro atoms. The van der Waals surface area contributed by atoms with Crippen molar-refractivity contribution in [3.63, 3.8) is 0 Å². The van der Waals surface area contributed by atoms with Crippen LogP contribution in [0.5, 0.6) is 5.75 Å². The number of amides is 1. The zero-order valence-corrected chi connectivity index (χ0v) is 11.1. The number of methoxy groups -OCH3 is 1. The summed E-state index contributed by atoms with van der Waals surface area (Å²) in [6.07, 6.45) is 1.18. The highest BCUT2D eigenvalue weighted by atomic mass is 16.5. The van der Waals surface area contributed by atoms with Crippen LogP contribution in [0, 0.1) is 0 Å². The van der Waals surface area contributed by atoms with E-state index >= 15 is 0 Å². The Bertz CT molecular complexity index is 493. The topological polar surface area (TPSA) is 95.9 Å². The molecule has 0 bridgehead atoms. The lowest BCUT2D eigenvalue weighted by Gasteiger charge is -2.05. The highest BCUT2D eigenvalue weighted by Gasteiger charge is 2.12. The van der Waals surface area contributed by atoms with Crippen molar-refractivity contribution in [2.45, 2.75) is 6.42 Å². The van der Waals surface area contributed by atoms with Crippen molar-refractivity contribution < 1.29 is 24.5 Å². The molecule has 20 heavy (non-hydrogen) atoms. The molecule has 0 heterocycles. The van der Waals surface area contributed by atoms with Crippen LogP contribution < -0.4 is 10.1 Å². The molecule has 3 N–H and O–H groups in total. The van der Waals surface area contributed by atoms with Crippen molar-refractivity contribution in [2.75, 3.05) is 20.3 Å². The van der Waals surface area contributed by atoms with Crippen LogP contribution in [0.15, 0.2) is 29.8 Å². The number of carboxylic acid groups (broad SMARTS) is 1. The standard InChI is InChI=1S/C14H17NO5/c1-20-12-4-2-10(3-5-12)8-11(14(18)19)9-13(17)15-6-7-16/h2-5,8,16H,6-7,9H2,1H3,(H,15,17)(H,18,19)/b11-8-.